The molecule has 1 saturated heterocycles. The zero-order valence-electron chi connectivity index (χ0n) is 17.0. The minimum absolute atomic E-state index is 0.122. The van der Waals surface area contributed by atoms with Gasteiger partial charge in [-0.1, -0.05) is 5.16 Å². The summed E-state index contributed by atoms with van der Waals surface area (Å²) >= 11 is 0. The van der Waals surface area contributed by atoms with E-state index in [1.54, 1.807) is 30.2 Å². The van der Waals surface area contributed by atoms with Crippen molar-refractivity contribution in [2.24, 2.45) is 0 Å². The van der Waals surface area contributed by atoms with E-state index in [4.69, 9.17) is 9.26 Å². The van der Waals surface area contributed by atoms with Crippen molar-refractivity contribution >= 4 is 5.91 Å². The highest BCUT2D eigenvalue weighted by Gasteiger charge is 2.42. The maximum atomic E-state index is 13.2. The molecule has 158 valence electrons. The summed E-state index contributed by atoms with van der Waals surface area (Å²) in [5.41, 5.74) is 1.39. The number of benzene rings is 1. The van der Waals surface area contributed by atoms with Gasteiger partial charge in [0.05, 0.1) is 5.41 Å². The fourth-order valence-electron chi connectivity index (χ4n) is 3.94. The molecule has 0 radical (unpaired) electrons. The summed E-state index contributed by atoms with van der Waals surface area (Å²) in [7, 11) is 1.64. The number of rotatable bonds is 6. The van der Waals surface area contributed by atoms with Crippen LogP contribution < -0.4 is 0 Å². The minimum Gasteiger partial charge on any atom is -0.385 e. The normalized spacial score (nSPS) is 19.2. The van der Waals surface area contributed by atoms with Gasteiger partial charge < -0.3 is 14.2 Å². The molecule has 8 nitrogen and oxygen atoms in total. The van der Waals surface area contributed by atoms with Crippen LogP contribution >= 0.6 is 0 Å². The lowest BCUT2D eigenvalue weighted by Crippen LogP contribution is -2.49. The molecule has 1 N–H and O–H groups in total. The maximum Gasteiger partial charge on any atom is 0.274 e. The zero-order chi connectivity index (χ0) is 21.1. The Labute approximate surface area is 173 Å². The third-order valence-electron chi connectivity index (χ3n) is 5.57. The molecule has 1 amide bonds. The van der Waals surface area contributed by atoms with Gasteiger partial charge in [-0.15, -0.1) is 0 Å². The summed E-state index contributed by atoms with van der Waals surface area (Å²) in [6.45, 7) is 3.45. The summed E-state index contributed by atoms with van der Waals surface area (Å²) in [6.07, 6.45) is 2.26. The van der Waals surface area contributed by atoms with E-state index in [9.17, 15) is 9.18 Å². The van der Waals surface area contributed by atoms with Gasteiger partial charge in [-0.2, -0.15) is 10.1 Å². The lowest BCUT2D eigenvalue weighted by atomic mass is 9.76. The van der Waals surface area contributed by atoms with Gasteiger partial charge in [-0.25, -0.2) is 4.39 Å². The number of carbonyl (C=O) groups is 1. The van der Waals surface area contributed by atoms with Crippen LogP contribution in [0.25, 0.3) is 11.5 Å². The first-order valence-electron chi connectivity index (χ1n) is 9.91. The Morgan fingerprint density at radius 3 is 2.87 bits per heavy atom. The van der Waals surface area contributed by atoms with Gasteiger partial charge in [0.1, 0.15) is 11.5 Å². The SMILES string of the molecule is COCCC1(c2noc(-c3ccc(F)cc3)n2)CCCN(C(=O)c2cc(C)[nH]n2)C1. The molecule has 1 atom stereocenters. The van der Waals surface area contributed by atoms with E-state index in [0.717, 1.165) is 18.5 Å². The van der Waals surface area contributed by atoms with Gasteiger partial charge in [0.15, 0.2) is 5.82 Å². The summed E-state index contributed by atoms with van der Waals surface area (Å²) in [6, 6.07) is 7.66. The van der Waals surface area contributed by atoms with Crippen molar-refractivity contribution in [3.8, 4) is 11.5 Å². The predicted molar refractivity (Wildman–Crippen MR) is 106 cm³/mol. The number of likely N-dealkylation sites (tertiary alicyclic amines) is 1. The summed E-state index contributed by atoms with van der Waals surface area (Å²) < 4.78 is 24.1. The molecule has 30 heavy (non-hydrogen) atoms. The number of halogens is 1. The molecule has 0 spiro atoms. The lowest BCUT2D eigenvalue weighted by Gasteiger charge is -2.40. The number of carbonyl (C=O) groups excluding carboxylic acids is 1. The number of amides is 1. The van der Waals surface area contributed by atoms with Gasteiger partial charge in [0.25, 0.3) is 11.8 Å². The molecule has 1 aliphatic heterocycles. The Hall–Kier alpha value is -3.07. The van der Waals surface area contributed by atoms with Crippen LogP contribution in [0.4, 0.5) is 4.39 Å². The Kier molecular flexibility index (Phi) is 5.63. The van der Waals surface area contributed by atoms with Crippen LogP contribution in [-0.2, 0) is 10.2 Å². The second kappa shape index (κ2) is 8.35. The van der Waals surface area contributed by atoms with E-state index in [-0.39, 0.29) is 11.7 Å². The highest BCUT2D eigenvalue weighted by Crippen LogP contribution is 2.37. The summed E-state index contributed by atoms with van der Waals surface area (Å²) in [4.78, 5) is 19.4. The number of piperidine rings is 1. The van der Waals surface area contributed by atoms with Gasteiger partial charge in [0.2, 0.25) is 0 Å². The molecular weight excluding hydrogens is 389 g/mol. The average Bonchev–Trinajstić information content (AvgIpc) is 3.42. The number of aromatic amines is 1. The topological polar surface area (TPSA) is 97.1 Å². The molecule has 1 aromatic carbocycles. The van der Waals surface area contributed by atoms with Crippen LogP contribution in [-0.4, -0.2) is 58.0 Å². The third kappa shape index (κ3) is 3.97. The molecule has 0 bridgehead atoms. The second-order valence-corrected chi connectivity index (χ2v) is 7.72. The number of aromatic nitrogens is 4. The highest BCUT2D eigenvalue weighted by molar-refractivity contribution is 5.92. The van der Waals surface area contributed by atoms with Gasteiger partial charge in [0, 0.05) is 38.1 Å². The van der Waals surface area contributed by atoms with Crippen LogP contribution in [0.1, 0.15) is 41.3 Å². The number of methoxy groups -OCH3 is 1. The van der Waals surface area contributed by atoms with E-state index in [1.165, 1.54) is 12.1 Å². The molecule has 3 aromatic rings. The zero-order valence-corrected chi connectivity index (χ0v) is 17.0. The maximum absolute atomic E-state index is 13.2. The van der Waals surface area contributed by atoms with E-state index in [0.29, 0.717) is 49.1 Å². The first kappa shape index (κ1) is 20.2. The minimum atomic E-state index is -0.489. The van der Waals surface area contributed by atoms with E-state index >= 15 is 0 Å². The van der Waals surface area contributed by atoms with Crippen LogP contribution in [0.15, 0.2) is 34.9 Å². The van der Waals surface area contributed by atoms with E-state index in [2.05, 4.69) is 20.3 Å². The number of H-pyrrole nitrogens is 1. The number of hydrogen-bond acceptors (Lipinski definition) is 6. The number of aryl methyl sites for hydroxylation is 1. The number of nitrogens with one attached hydrogen (secondary N) is 1. The third-order valence-corrected chi connectivity index (χ3v) is 5.57. The van der Waals surface area contributed by atoms with E-state index < -0.39 is 5.41 Å². The van der Waals surface area contributed by atoms with Gasteiger partial charge in [-0.05, 0) is 56.5 Å². The fraction of sp³-hybridized carbons (Fsp3) is 0.429. The van der Waals surface area contributed by atoms with Crippen molar-refractivity contribution in [1.29, 1.82) is 0 Å². The summed E-state index contributed by atoms with van der Waals surface area (Å²) in [5.74, 6) is 0.413. The molecule has 0 aliphatic carbocycles. The van der Waals surface area contributed by atoms with Crippen molar-refractivity contribution < 1.29 is 18.4 Å². The molecule has 0 saturated carbocycles. The fourth-order valence-corrected chi connectivity index (χ4v) is 3.94. The lowest BCUT2D eigenvalue weighted by molar-refractivity contribution is 0.0561. The van der Waals surface area contributed by atoms with Crippen LogP contribution in [0.3, 0.4) is 0 Å². The van der Waals surface area contributed by atoms with Crippen LogP contribution in [0, 0.1) is 12.7 Å². The van der Waals surface area contributed by atoms with Crippen molar-refractivity contribution in [3.05, 3.63) is 53.4 Å². The molecule has 9 heteroatoms. The quantitative estimate of drug-likeness (QED) is 0.667. The average molecular weight is 413 g/mol. The Balaban J connectivity index is 1.62. The first-order valence-corrected chi connectivity index (χ1v) is 9.91. The first-order chi connectivity index (χ1) is 14.5. The molecule has 3 heterocycles. The Morgan fingerprint density at radius 1 is 1.37 bits per heavy atom. The molecule has 4 rings (SSSR count). The largest absolute Gasteiger partial charge is 0.385 e. The molecule has 1 unspecified atom stereocenters. The Morgan fingerprint density at radius 2 is 2.17 bits per heavy atom. The molecule has 1 aliphatic rings. The standard InChI is InChI=1S/C21H24FN5O3/c1-14-12-17(25-24-14)19(28)27-10-3-8-21(13-27,9-11-29-2)20-23-18(30-26-20)15-4-6-16(22)7-5-15/h4-7,12H,3,8-11,13H2,1-2H3,(H,24,25). The Bertz CT molecular complexity index is 1020. The van der Waals surface area contributed by atoms with E-state index in [1.807, 2.05) is 6.92 Å². The molecule has 1 fully saturated rings. The smallest absolute Gasteiger partial charge is 0.274 e. The van der Waals surface area contributed by atoms with Crippen molar-refractivity contribution in [2.45, 2.75) is 31.6 Å². The van der Waals surface area contributed by atoms with Crippen LogP contribution in [0.2, 0.25) is 0 Å². The monoisotopic (exact) mass is 413 g/mol. The molecule has 2 aromatic heterocycles. The van der Waals surface area contributed by atoms with Crippen molar-refractivity contribution in [1.82, 2.24) is 25.2 Å². The van der Waals surface area contributed by atoms with Gasteiger partial charge in [-0.3, -0.25) is 9.89 Å². The second-order valence-electron chi connectivity index (χ2n) is 7.72. The summed E-state index contributed by atoms with van der Waals surface area (Å²) in [5, 5.41) is 11.2. The van der Waals surface area contributed by atoms with Gasteiger partial charge >= 0.3 is 0 Å². The molecular formula is C21H24FN5O3. The highest BCUT2D eigenvalue weighted by atomic mass is 19.1. The predicted octanol–water partition coefficient (Wildman–Crippen LogP) is 3.12. The van der Waals surface area contributed by atoms with Crippen molar-refractivity contribution in [3.63, 3.8) is 0 Å². The number of nitrogens with zero attached hydrogens (tertiary/aromatic N) is 4. The van der Waals surface area contributed by atoms with Crippen molar-refractivity contribution in [2.75, 3.05) is 26.8 Å². The number of ether oxygens (including phenoxy) is 1. The number of hydrogen-bond donors (Lipinski definition) is 1. The van der Waals surface area contributed by atoms with Crippen LogP contribution in [0.5, 0.6) is 0 Å².